The van der Waals surface area contributed by atoms with Gasteiger partial charge in [-0.25, -0.2) is 0 Å². The number of aryl methyl sites for hydroxylation is 2. The summed E-state index contributed by atoms with van der Waals surface area (Å²) in [6, 6.07) is 11.8. The molecule has 0 saturated heterocycles. The number of carbonyl (C=O) groups is 2. The van der Waals surface area contributed by atoms with E-state index in [0.29, 0.717) is 10.6 Å². The van der Waals surface area contributed by atoms with Crippen LogP contribution in [-0.2, 0) is 27.2 Å². The number of ether oxygens (including phenoxy) is 1. The van der Waals surface area contributed by atoms with Gasteiger partial charge in [-0.15, -0.1) is 11.8 Å². The number of anilines is 1. The number of hydrogen-bond acceptors (Lipinski definition) is 6. The van der Waals surface area contributed by atoms with E-state index in [1.54, 1.807) is 19.1 Å². The highest BCUT2D eigenvalue weighted by Crippen LogP contribution is 2.26. The Morgan fingerprint density at radius 2 is 1.89 bits per heavy atom. The minimum atomic E-state index is -0.547. The molecule has 7 nitrogen and oxygen atoms in total. The first-order valence-electron chi connectivity index (χ1n) is 8.92. The Morgan fingerprint density at radius 1 is 1.18 bits per heavy atom. The fourth-order valence-electron chi connectivity index (χ4n) is 3.00. The number of nitro benzene ring substituents is 1. The first kappa shape index (κ1) is 19.9. The molecule has 0 saturated carbocycles. The van der Waals surface area contributed by atoms with Crippen molar-refractivity contribution in [1.29, 1.82) is 0 Å². The van der Waals surface area contributed by atoms with Crippen molar-refractivity contribution in [2.24, 2.45) is 0 Å². The van der Waals surface area contributed by atoms with Gasteiger partial charge in [-0.2, -0.15) is 0 Å². The van der Waals surface area contributed by atoms with Gasteiger partial charge in [0.05, 0.1) is 4.92 Å². The number of esters is 1. The van der Waals surface area contributed by atoms with Crippen LogP contribution in [0.2, 0.25) is 0 Å². The van der Waals surface area contributed by atoms with Gasteiger partial charge in [-0.1, -0.05) is 6.07 Å². The summed E-state index contributed by atoms with van der Waals surface area (Å²) in [5.74, 6) is -0.911. The molecule has 0 aromatic heterocycles. The predicted molar refractivity (Wildman–Crippen MR) is 106 cm³/mol. The van der Waals surface area contributed by atoms with E-state index in [0.717, 1.165) is 19.3 Å². The van der Waals surface area contributed by atoms with Crippen LogP contribution in [0.15, 0.2) is 47.4 Å². The molecule has 146 valence electrons. The zero-order valence-corrected chi connectivity index (χ0v) is 16.2. The van der Waals surface area contributed by atoms with Crippen LogP contribution in [0.1, 0.15) is 24.5 Å². The second-order valence-electron chi connectivity index (χ2n) is 6.50. The molecule has 1 amide bonds. The average molecular weight is 400 g/mol. The minimum Gasteiger partial charge on any atom is -0.455 e. The van der Waals surface area contributed by atoms with Gasteiger partial charge in [0.25, 0.3) is 11.6 Å². The van der Waals surface area contributed by atoms with Crippen LogP contribution in [0.25, 0.3) is 0 Å². The lowest BCUT2D eigenvalue weighted by Crippen LogP contribution is -2.24. The molecule has 0 unspecified atom stereocenters. The molecule has 0 fully saturated rings. The molecular weight excluding hydrogens is 380 g/mol. The predicted octanol–water partition coefficient (Wildman–Crippen LogP) is 3.75. The van der Waals surface area contributed by atoms with Crippen LogP contribution in [0.4, 0.5) is 11.4 Å². The smallest absolute Gasteiger partial charge is 0.319 e. The molecule has 2 aromatic rings. The van der Waals surface area contributed by atoms with Crippen LogP contribution >= 0.6 is 11.8 Å². The molecule has 1 aliphatic rings. The number of nitrogens with zero attached hydrogens (tertiary/aromatic N) is 1. The summed E-state index contributed by atoms with van der Waals surface area (Å²) in [5, 5.41) is 12.9. The minimum absolute atomic E-state index is 0.0113. The molecule has 2 aromatic carbocycles. The molecule has 0 bridgehead atoms. The molecule has 3 rings (SSSR count). The van der Waals surface area contributed by atoms with Crippen molar-refractivity contribution in [2.75, 3.05) is 11.9 Å². The van der Waals surface area contributed by atoms with Crippen molar-refractivity contribution in [1.82, 2.24) is 0 Å². The second kappa shape index (κ2) is 8.88. The Balaban J connectivity index is 1.46. The lowest BCUT2D eigenvalue weighted by Gasteiger charge is -2.12. The normalized spacial score (nSPS) is 13.5. The van der Waals surface area contributed by atoms with Gasteiger partial charge in [0.15, 0.2) is 6.61 Å². The van der Waals surface area contributed by atoms with Crippen molar-refractivity contribution in [3.8, 4) is 0 Å². The maximum atomic E-state index is 12.1. The van der Waals surface area contributed by atoms with Crippen molar-refractivity contribution in [2.45, 2.75) is 36.3 Å². The third-order valence-electron chi connectivity index (χ3n) is 4.42. The highest BCUT2D eigenvalue weighted by atomic mass is 32.2. The van der Waals surface area contributed by atoms with Crippen molar-refractivity contribution in [3.05, 3.63) is 63.7 Å². The molecule has 0 radical (unpaired) electrons. The van der Waals surface area contributed by atoms with Gasteiger partial charge in [0.1, 0.15) is 5.25 Å². The number of benzene rings is 2. The fraction of sp³-hybridized carbons (Fsp3) is 0.300. The highest BCUT2D eigenvalue weighted by Gasteiger charge is 2.18. The summed E-state index contributed by atoms with van der Waals surface area (Å²) in [6.07, 6.45) is 3.23. The third kappa shape index (κ3) is 5.10. The first-order valence-corrected chi connectivity index (χ1v) is 9.80. The van der Waals surface area contributed by atoms with Gasteiger partial charge in [-0.3, -0.25) is 19.7 Å². The van der Waals surface area contributed by atoms with Gasteiger partial charge in [-0.05, 0) is 61.6 Å². The second-order valence-corrected chi connectivity index (χ2v) is 7.92. The molecular formula is C20H20N2O5S. The number of rotatable bonds is 7. The lowest BCUT2D eigenvalue weighted by atomic mass is 10.1. The highest BCUT2D eigenvalue weighted by molar-refractivity contribution is 8.00. The van der Waals surface area contributed by atoms with Gasteiger partial charge >= 0.3 is 5.97 Å². The summed E-state index contributed by atoms with van der Waals surface area (Å²) in [4.78, 5) is 35.0. The molecule has 0 aliphatic heterocycles. The topological polar surface area (TPSA) is 98.5 Å². The van der Waals surface area contributed by atoms with Crippen molar-refractivity contribution in [3.63, 3.8) is 0 Å². The molecule has 1 N–H and O–H groups in total. The molecule has 8 heteroatoms. The van der Waals surface area contributed by atoms with E-state index < -0.39 is 16.1 Å². The first-order chi connectivity index (χ1) is 13.4. The quantitative estimate of drug-likeness (QED) is 0.329. The number of nitro groups is 1. The summed E-state index contributed by atoms with van der Waals surface area (Å²) >= 11 is 1.21. The van der Waals surface area contributed by atoms with E-state index in [1.807, 2.05) is 18.2 Å². The zero-order valence-electron chi connectivity index (χ0n) is 15.3. The van der Waals surface area contributed by atoms with Crippen LogP contribution in [0, 0.1) is 10.1 Å². The van der Waals surface area contributed by atoms with E-state index in [4.69, 9.17) is 4.74 Å². The largest absolute Gasteiger partial charge is 0.455 e. The van der Waals surface area contributed by atoms with Crippen molar-refractivity contribution >= 4 is 35.0 Å². The van der Waals surface area contributed by atoms with Crippen LogP contribution in [0.5, 0.6) is 0 Å². The van der Waals surface area contributed by atoms with E-state index in [2.05, 4.69) is 5.32 Å². The maximum absolute atomic E-state index is 12.1. The van der Waals surface area contributed by atoms with E-state index in [1.165, 1.54) is 35.0 Å². The Kier molecular flexibility index (Phi) is 6.30. The molecule has 0 spiro atoms. The maximum Gasteiger partial charge on any atom is 0.319 e. The van der Waals surface area contributed by atoms with Gasteiger partial charge in [0.2, 0.25) is 0 Å². The number of carbonyl (C=O) groups excluding carboxylic acids is 2. The summed E-state index contributed by atoms with van der Waals surface area (Å²) in [5.41, 5.74) is 3.27. The van der Waals surface area contributed by atoms with Crippen molar-refractivity contribution < 1.29 is 19.2 Å². The fourth-order valence-corrected chi connectivity index (χ4v) is 3.87. The van der Waals surface area contributed by atoms with Gasteiger partial charge < -0.3 is 10.1 Å². The Bertz CT molecular complexity index is 898. The standard InChI is InChI=1S/C20H20N2O5S/c1-13(28-18-9-7-17(8-10-18)22(25)26)20(24)27-12-19(23)21-16-6-5-14-3-2-4-15(14)11-16/h5-11,13H,2-4,12H2,1H3,(H,21,23)/t13-/m1/s1. The Hall–Kier alpha value is -2.87. The third-order valence-corrected chi connectivity index (χ3v) is 5.51. The zero-order chi connectivity index (χ0) is 20.1. The van der Waals surface area contributed by atoms with E-state index in [-0.39, 0.29) is 18.2 Å². The van der Waals surface area contributed by atoms with E-state index in [9.17, 15) is 19.7 Å². The summed E-state index contributed by atoms with van der Waals surface area (Å²) < 4.78 is 5.08. The van der Waals surface area contributed by atoms with Crippen LogP contribution < -0.4 is 5.32 Å². The SMILES string of the molecule is C[C@@H](Sc1ccc([N+](=O)[O-])cc1)C(=O)OCC(=O)Nc1ccc2c(c1)CCC2. The number of fused-ring (bicyclic) bond motifs is 1. The Labute approximate surface area is 166 Å². The number of nitrogens with one attached hydrogen (secondary N) is 1. The van der Waals surface area contributed by atoms with E-state index >= 15 is 0 Å². The number of thioether (sulfide) groups is 1. The number of amides is 1. The molecule has 0 heterocycles. The molecule has 28 heavy (non-hydrogen) atoms. The molecule has 1 atom stereocenters. The van der Waals surface area contributed by atoms with Gasteiger partial charge in [0, 0.05) is 22.7 Å². The number of non-ortho nitro benzene ring substituents is 1. The monoisotopic (exact) mass is 400 g/mol. The summed E-state index contributed by atoms with van der Waals surface area (Å²) in [6.45, 7) is 1.30. The Morgan fingerprint density at radius 3 is 2.61 bits per heavy atom. The van der Waals surface area contributed by atoms with Crippen LogP contribution in [-0.4, -0.2) is 28.7 Å². The average Bonchev–Trinajstić information content (AvgIpc) is 3.14. The lowest BCUT2D eigenvalue weighted by molar-refractivity contribution is -0.384. The summed E-state index contributed by atoms with van der Waals surface area (Å²) in [7, 11) is 0. The molecule has 1 aliphatic carbocycles. The van der Waals surface area contributed by atoms with Crippen LogP contribution in [0.3, 0.4) is 0 Å². The number of hydrogen-bond donors (Lipinski definition) is 1.